The fourth-order valence-corrected chi connectivity index (χ4v) is 3.10. The number of carbonyl (C=O) groups is 3. The molecule has 31 heavy (non-hydrogen) atoms. The Morgan fingerprint density at radius 3 is 2.81 bits per heavy atom. The second-order valence-corrected chi connectivity index (χ2v) is 6.78. The second kappa shape index (κ2) is 9.26. The maximum atomic E-state index is 14.7. The number of hydrogen-bond donors (Lipinski definition) is 3. The molecule has 3 N–H and O–H groups in total. The van der Waals surface area contributed by atoms with E-state index in [0.717, 1.165) is 5.69 Å². The summed E-state index contributed by atoms with van der Waals surface area (Å²) < 4.78 is 19.6. The Morgan fingerprint density at radius 2 is 2.16 bits per heavy atom. The minimum atomic E-state index is -0.980. The molecule has 1 atom stereocenters. The first-order chi connectivity index (χ1) is 14.8. The van der Waals surface area contributed by atoms with Crippen molar-refractivity contribution < 1.29 is 23.5 Å². The van der Waals surface area contributed by atoms with Crippen LogP contribution < -0.4 is 10.6 Å². The highest BCUT2D eigenvalue weighted by Gasteiger charge is 2.29. The van der Waals surface area contributed by atoms with Crippen LogP contribution in [0.4, 0.5) is 10.1 Å². The van der Waals surface area contributed by atoms with Gasteiger partial charge in [-0.05, 0) is 32.1 Å². The molecule has 2 amide bonds. The van der Waals surface area contributed by atoms with Crippen molar-refractivity contribution in [2.45, 2.75) is 33.2 Å². The first kappa shape index (κ1) is 21.8. The van der Waals surface area contributed by atoms with Gasteiger partial charge in [-0.3, -0.25) is 9.59 Å². The zero-order valence-electron chi connectivity index (χ0n) is 17.3. The van der Waals surface area contributed by atoms with E-state index in [0.29, 0.717) is 16.9 Å². The first-order valence-corrected chi connectivity index (χ1v) is 9.60. The van der Waals surface area contributed by atoms with Gasteiger partial charge < -0.3 is 20.4 Å². The zero-order valence-corrected chi connectivity index (χ0v) is 17.3. The highest BCUT2D eigenvalue weighted by atomic mass is 19.1. The number of anilines is 1. The van der Waals surface area contributed by atoms with Gasteiger partial charge in [-0.15, -0.1) is 0 Å². The van der Waals surface area contributed by atoms with Crippen molar-refractivity contribution in [2.75, 3.05) is 11.9 Å². The van der Waals surface area contributed by atoms with Gasteiger partial charge in [0.25, 0.3) is 5.91 Å². The molecule has 0 radical (unpaired) electrons. The normalized spacial score (nSPS) is 14.3. The van der Waals surface area contributed by atoms with Gasteiger partial charge in [0.1, 0.15) is 11.9 Å². The molecule has 0 saturated carbocycles. The number of ether oxygens (including phenoxy) is 1. The Morgan fingerprint density at radius 1 is 1.39 bits per heavy atom. The van der Waals surface area contributed by atoms with Gasteiger partial charge in [0.15, 0.2) is 0 Å². The number of aromatic nitrogens is 2. The van der Waals surface area contributed by atoms with E-state index >= 15 is 0 Å². The summed E-state index contributed by atoms with van der Waals surface area (Å²) in [4.78, 5) is 43.0. The number of fused-ring (bicyclic) bond motifs is 1. The number of aromatic amines is 1. The van der Waals surface area contributed by atoms with Crippen LogP contribution >= 0.6 is 0 Å². The Kier molecular flexibility index (Phi) is 6.50. The van der Waals surface area contributed by atoms with Crippen molar-refractivity contribution in [1.82, 2.24) is 15.3 Å². The van der Waals surface area contributed by atoms with Gasteiger partial charge in [0, 0.05) is 24.6 Å². The predicted octanol–water partition coefficient (Wildman–Crippen LogP) is 2.16. The fourth-order valence-electron chi connectivity index (χ4n) is 3.10. The van der Waals surface area contributed by atoms with Gasteiger partial charge >= 0.3 is 5.97 Å². The Bertz CT molecular complexity index is 1140. The molecule has 2 aromatic rings. The lowest BCUT2D eigenvalue weighted by atomic mass is 9.98. The average Bonchev–Trinajstić information content (AvgIpc) is 3.26. The third-order valence-corrected chi connectivity index (χ3v) is 4.53. The molecule has 1 aromatic heterocycles. The lowest BCUT2D eigenvalue weighted by molar-refractivity contribution is -0.147. The number of nitrogens with one attached hydrogen (secondary N) is 3. The number of carbonyl (C=O) groups excluding carboxylic acids is 3. The summed E-state index contributed by atoms with van der Waals surface area (Å²) in [5.41, 5.74) is 2.31. The van der Waals surface area contributed by atoms with Crippen LogP contribution in [0.1, 0.15) is 42.8 Å². The summed E-state index contributed by atoms with van der Waals surface area (Å²) in [6, 6.07) is 1.69. The summed E-state index contributed by atoms with van der Waals surface area (Å²) >= 11 is 0. The highest BCUT2D eigenvalue weighted by molar-refractivity contribution is 6.35. The van der Waals surface area contributed by atoms with Gasteiger partial charge in [-0.25, -0.2) is 14.2 Å². The second-order valence-electron chi connectivity index (χ2n) is 6.78. The number of hydrogen-bond acceptors (Lipinski definition) is 5. The van der Waals surface area contributed by atoms with Crippen molar-refractivity contribution in [1.29, 1.82) is 0 Å². The third kappa shape index (κ3) is 4.80. The lowest BCUT2D eigenvalue weighted by Gasteiger charge is -2.13. The molecule has 3 rings (SSSR count). The van der Waals surface area contributed by atoms with Crippen molar-refractivity contribution >= 4 is 35.1 Å². The van der Waals surface area contributed by atoms with E-state index < -0.39 is 29.6 Å². The molecule has 0 fully saturated rings. The number of amides is 2. The van der Waals surface area contributed by atoms with E-state index in [9.17, 15) is 18.8 Å². The van der Waals surface area contributed by atoms with E-state index in [1.807, 2.05) is 0 Å². The maximum absolute atomic E-state index is 14.7. The first-order valence-electron chi connectivity index (χ1n) is 9.60. The van der Waals surface area contributed by atoms with Gasteiger partial charge in [0.2, 0.25) is 5.91 Å². The smallest absolute Gasteiger partial charge is 0.329 e. The third-order valence-electron chi connectivity index (χ3n) is 4.53. The minimum Gasteiger partial charge on any atom is -0.464 e. The number of nitrogens with zero attached hydrogens (tertiary/aromatic N) is 1. The van der Waals surface area contributed by atoms with Crippen LogP contribution in [0.15, 0.2) is 18.5 Å². The number of imidazole rings is 1. The molecule has 0 saturated heterocycles. The van der Waals surface area contributed by atoms with E-state index in [1.54, 1.807) is 19.9 Å². The van der Waals surface area contributed by atoms with Gasteiger partial charge in [-0.2, -0.15) is 0 Å². The Balaban J connectivity index is 1.98. The molecule has 1 aliphatic heterocycles. The van der Waals surface area contributed by atoms with Gasteiger partial charge in [0.05, 0.1) is 35.5 Å². The van der Waals surface area contributed by atoms with E-state index in [1.165, 1.54) is 25.4 Å². The molecule has 160 valence electrons. The summed E-state index contributed by atoms with van der Waals surface area (Å²) in [5, 5.41) is 5.17. The standard InChI is InChI=1S/C22H21FN4O4/c1-4-31-22(30)18(26-13(3)28)7-5-6-14-16(23)8-9-17-20(14)15(21(29)27-17)10-19-12(2)24-11-25-19/h8-11,18H,4,7H2,1-3H3,(H,24,25)(H,26,28)(H,27,29). The molecule has 1 unspecified atom stereocenters. The Hall–Kier alpha value is -3.93. The van der Waals surface area contributed by atoms with E-state index in [-0.39, 0.29) is 24.2 Å². The molecule has 2 heterocycles. The molecule has 0 bridgehead atoms. The topological polar surface area (TPSA) is 113 Å². The van der Waals surface area contributed by atoms with Gasteiger partial charge in [-0.1, -0.05) is 11.8 Å². The van der Waals surface area contributed by atoms with Crippen molar-refractivity contribution in [2.24, 2.45) is 0 Å². The Labute approximate surface area is 178 Å². The molecule has 9 heteroatoms. The molecule has 0 aliphatic carbocycles. The predicted molar refractivity (Wildman–Crippen MR) is 112 cm³/mol. The summed E-state index contributed by atoms with van der Waals surface area (Å²) in [7, 11) is 0. The SMILES string of the molecule is CCOC(=O)C(CC#Cc1c(F)ccc2c1C(=Cc1nc[nH]c1C)C(=O)N2)NC(C)=O. The van der Waals surface area contributed by atoms with E-state index in [4.69, 9.17) is 4.74 Å². The number of benzene rings is 1. The van der Waals surface area contributed by atoms with Crippen molar-refractivity contribution in [3.05, 3.63) is 46.8 Å². The number of H-pyrrole nitrogens is 1. The molecule has 1 aromatic carbocycles. The minimum absolute atomic E-state index is 0.0146. The van der Waals surface area contributed by atoms with Crippen LogP contribution in [0, 0.1) is 24.6 Å². The lowest BCUT2D eigenvalue weighted by Crippen LogP contribution is -2.40. The molecule has 8 nitrogen and oxygen atoms in total. The summed E-state index contributed by atoms with van der Waals surface area (Å²) in [5.74, 6) is 3.39. The molecular formula is C22H21FN4O4. The number of esters is 1. The number of rotatable bonds is 5. The molecular weight excluding hydrogens is 403 g/mol. The number of aryl methyl sites for hydroxylation is 1. The van der Waals surface area contributed by atoms with Crippen LogP contribution in [0.5, 0.6) is 0 Å². The molecule has 1 aliphatic rings. The zero-order chi connectivity index (χ0) is 22.5. The monoisotopic (exact) mass is 424 g/mol. The van der Waals surface area contributed by atoms with Crippen LogP contribution in [0.2, 0.25) is 0 Å². The summed E-state index contributed by atoms with van der Waals surface area (Å²) in [6.45, 7) is 4.87. The van der Waals surface area contributed by atoms with Crippen LogP contribution in [-0.2, 0) is 19.1 Å². The van der Waals surface area contributed by atoms with Crippen molar-refractivity contribution in [3.63, 3.8) is 0 Å². The quantitative estimate of drug-likeness (QED) is 0.387. The average molecular weight is 424 g/mol. The summed E-state index contributed by atoms with van der Waals surface area (Å²) in [6.07, 6.45) is 2.98. The van der Waals surface area contributed by atoms with Crippen LogP contribution in [0.25, 0.3) is 11.6 Å². The van der Waals surface area contributed by atoms with Crippen molar-refractivity contribution in [3.8, 4) is 11.8 Å². The fraction of sp³-hybridized carbons (Fsp3) is 0.273. The maximum Gasteiger partial charge on any atom is 0.329 e. The highest BCUT2D eigenvalue weighted by Crippen LogP contribution is 2.36. The largest absolute Gasteiger partial charge is 0.464 e. The molecule has 0 spiro atoms. The van der Waals surface area contributed by atoms with Crippen LogP contribution in [-0.4, -0.2) is 40.4 Å². The number of halogens is 1. The van der Waals surface area contributed by atoms with Crippen LogP contribution in [0.3, 0.4) is 0 Å². The van der Waals surface area contributed by atoms with E-state index in [2.05, 4.69) is 32.4 Å².